The summed E-state index contributed by atoms with van der Waals surface area (Å²) in [6.07, 6.45) is 5.81. The van der Waals surface area contributed by atoms with Crippen LogP contribution in [-0.2, 0) is 0 Å². The summed E-state index contributed by atoms with van der Waals surface area (Å²) in [7, 11) is 0. The maximum atomic E-state index is 9.64. The summed E-state index contributed by atoms with van der Waals surface area (Å²) < 4.78 is 0. The van der Waals surface area contributed by atoms with Crippen LogP contribution in [-0.4, -0.2) is 47.6 Å². The van der Waals surface area contributed by atoms with Crippen LogP contribution in [0.25, 0.3) is 0 Å². The van der Waals surface area contributed by atoms with E-state index in [-0.39, 0.29) is 5.54 Å². The first kappa shape index (κ1) is 12.9. The zero-order chi connectivity index (χ0) is 12.3. The summed E-state index contributed by atoms with van der Waals surface area (Å²) in [5, 5.41) is 9.64. The highest BCUT2D eigenvalue weighted by molar-refractivity contribution is 5.10. The molecule has 0 N–H and O–H groups in total. The SMILES string of the molecule is CC(C)N1CCCC(C#N)(N2CCCC2)CC1. The van der Waals surface area contributed by atoms with Crippen molar-refractivity contribution in [2.24, 2.45) is 0 Å². The molecule has 0 amide bonds. The maximum absolute atomic E-state index is 9.64. The van der Waals surface area contributed by atoms with Crippen molar-refractivity contribution in [1.29, 1.82) is 5.26 Å². The quantitative estimate of drug-likeness (QED) is 0.735. The van der Waals surface area contributed by atoms with Crippen LogP contribution in [0.3, 0.4) is 0 Å². The fraction of sp³-hybridized carbons (Fsp3) is 0.929. The number of nitriles is 1. The minimum absolute atomic E-state index is 0.153. The van der Waals surface area contributed by atoms with Crippen molar-refractivity contribution in [3.05, 3.63) is 0 Å². The van der Waals surface area contributed by atoms with Gasteiger partial charge in [-0.3, -0.25) is 4.90 Å². The summed E-state index contributed by atoms with van der Waals surface area (Å²) in [6, 6.07) is 3.27. The standard InChI is InChI=1S/C14H25N3/c1-13(2)16-8-5-6-14(12-15,7-11-16)17-9-3-4-10-17/h13H,3-11H2,1-2H3. The molecule has 1 atom stereocenters. The van der Waals surface area contributed by atoms with Crippen molar-refractivity contribution in [2.45, 2.75) is 57.5 Å². The van der Waals surface area contributed by atoms with Gasteiger partial charge in [0, 0.05) is 12.6 Å². The van der Waals surface area contributed by atoms with Gasteiger partial charge in [0.2, 0.25) is 0 Å². The highest BCUT2D eigenvalue weighted by Crippen LogP contribution is 2.31. The van der Waals surface area contributed by atoms with Crippen LogP contribution >= 0.6 is 0 Å². The smallest absolute Gasteiger partial charge is 0.110 e. The van der Waals surface area contributed by atoms with Gasteiger partial charge in [0.15, 0.2) is 0 Å². The molecule has 2 heterocycles. The number of hydrogen-bond acceptors (Lipinski definition) is 3. The molecule has 0 saturated carbocycles. The second kappa shape index (κ2) is 5.37. The average Bonchev–Trinajstić information content (AvgIpc) is 2.76. The summed E-state index contributed by atoms with van der Waals surface area (Å²) in [5.74, 6) is 0. The van der Waals surface area contributed by atoms with Crippen molar-refractivity contribution in [2.75, 3.05) is 26.2 Å². The van der Waals surface area contributed by atoms with E-state index in [2.05, 4.69) is 29.7 Å². The summed E-state index contributed by atoms with van der Waals surface area (Å²) >= 11 is 0. The Kier molecular flexibility index (Phi) is 4.06. The fourth-order valence-corrected chi connectivity index (χ4v) is 3.30. The topological polar surface area (TPSA) is 30.3 Å². The summed E-state index contributed by atoms with van der Waals surface area (Å²) in [4.78, 5) is 4.98. The van der Waals surface area contributed by atoms with Gasteiger partial charge in [-0.05, 0) is 65.6 Å². The fourth-order valence-electron chi connectivity index (χ4n) is 3.30. The lowest BCUT2D eigenvalue weighted by Gasteiger charge is -2.35. The Bertz CT molecular complexity index is 288. The van der Waals surface area contributed by atoms with Crippen LogP contribution in [0, 0.1) is 11.3 Å². The molecule has 0 bridgehead atoms. The van der Waals surface area contributed by atoms with Gasteiger partial charge in [0.1, 0.15) is 5.54 Å². The second-order valence-corrected chi connectivity index (χ2v) is 5.82. The normalized spacial score (nSPS) is 32.6. The molecular formula is C14H25N3. The highest BCUT2D eigenvalue weighted by Gasteiger charge is 2.39. The van der Waals surface area contributed by atoms with E-state index in [0.717, 1.165) is 39.0 Å². The Morgan fingerprint density at radius 2 is 1.71 bits per heavy atom. The van der Waals surface area contributed by atoms with Gasteiger partial charge in [-0.2, -0.15) is 5.26 Å². The largest absolute Gasteiger partial charge is 0.301 e. The van der Waals surface area contributed by atoms with Crippen LogP contribution < -0.4 is 0 Å². The third kappa shape index (κ3) is 2.64. The molecular weight excluding hydrogens is 210 g/mol. The minimum Gasteiger partial charge on any atom is -0.301 e. The minimum atomic E-state index is -0.153. The van der Waals surface area contributed by atoms with Crippen LogP contribution in [0.2, 0.25) is 0 Å². The van der Waals surface area contributed by atoms with Gasteiger partial charge < -0.3 is 4.90 Å². The molecule has 2 fully saturated rings. The van der Waals surface area contributed by atoms with Gasteiger partial charge in [-0.15, -0.1) is 0 Å². The van der Waals surface area contributed by atoms with Gasteiger partial charge in [0.25, 0.3) is 0 Å². The van der Waals surface area contributed by atoms with E-state index >= 15 is 0 Å². The lowest BCUT2D eigenvalue weighted by Crippen LogP contribution is -2.47. The van der Waals surface area contributed by atoms with E-state index < -0.39 is 0 Å². The zero-order valence-electron chi connectivity index (χ0n) is 11.3. The van der Waals surface area contributed by atoms with Gasteiger partial charge in [0.05, 0.1) is 6.07 Å². The molecule has 0 spiro atoms. The zero-order valence-corrected chi connectivity index (χ0v) is 11.3. The van der Waals surface area contributed by atoms with E-state index in [1.54, 1.807) is 0 Å². The Balaban J connectivity index is 2.06. The van der Waals surface area contributed by atoms with E-state index in [0.29, 0.717) is 6.04 Å². The Morgan fingerprint density at radius 1 is 1.00 bits per heavy atom. The molecule has 2 aliphatic rings. The molecule has 3 heteroatoms. The lowest BCUT2D eigenvalue weighted by molar-refractivity contribution is 0.148. The van der Waals surface area contributed by atoms with Gasteiger partial charge >= 0.3 is 0 Å². The predicted molar refractivity (Wildman–Crippen MR) is 69.7 cm³/mol. The van der Waals surface area contributed by atoms with E-state index in [1.165, 1.54) is 19.3 Å². The van der Waals surface area contributed by atoms with Crippen molar-refractivity contribution in [3.8, 4) is 6.07 Å². The number of likely N-dealkylation sites (tertiary alicyclic amines) is 2. The van der Waals surface area contributed by atoms with Gasteiger partial charge in [-0.25, -0.2) is 0 Å². The third-order valence-electron chi connectivity index (χ3n) is 4.50. The predicted octanol–water partition coefficient (Wildman–Crippen LogP) is 2.24. The highest BCUT2D eigenvalue weighted by atomic mass is 15.2. The van der Waals surface area contributed by atoms with Gasteiger partial charge in [-0.1, -0.05) is 0 Å². The molecule has 3 nitrogen and oxygen atoms in total. The Labute approximate surface area is 105 Å². The average molecular weight is 235 g/mol. The van der Waals surface area contributed by atoms with Crippen molar-refractivity contribution >= 4 is 0 Å². The Morgan fingerprint density at radius 3 is 2.29 bits per heavy atom. The first-order valence-electron chi connectivity index (χ1n) is 7.08. The number of hydrogen-bond donors (Lipinski definition) is 0. The summed E-state index contributed by atoms with van der Waals surface area (Å²) in [5.41, 5.74) is -0.153. The summed E-state index contributed by atoms with van der Waals surface area (Å²) in [6.45, 7) is 9.03. The van der Waals surface area contributed by atoms with Crippen molar-refractivity contribution in [3.63, 3.8) is 0 Å². The molecule has 2 saturated heterocycles. The van der Waals surface area contributed by atoms with Crippen molar-refractivity contribution < 1.29 is 0 Å². The van der Waals surface area contributed by atoms with Crippen molar-refractivity contribution in [1.82, 2.24) is 9.80 Å². The molecule has 17 heavy (non-hydrogen) atoms. The van der Waals surface area contributed by atoms with Crippen LogP contribution in [0.15, 0.2) is 0 Å². The molecule has 0 aliphatic carbocycles. The number of nitrogens with zero attached hydrogens (tertiary/aromatic N) is 3. The number of rotatable bonds is 2. The molecule has 0 aromatic heterocycles. The molecule has 1 unspecified atom stereocenters. The molecule has 0 aromatic carbocycles. The monoisotopic (exact) mass is 235 g/mol. The van der Waals surface area contributed by atoms with Crippen LogP contribution in [0.5, 0.6) is 0 Å². The molecule has 2 rings (SSSR count). The maximum Gasteiger partial charge on any atom is 0.110 e. The van der Waals surface area contributed by atoms with E-state index in [4.69, 9.17) is 0 Å². The third-order valence-corrected chi connectivity index (χ3v) is 4.50. The lowest BCUT2D eigenvalue weighted by atomic mass is 9.90. The second-order valence-electron chi connectivity index (χ2n) is 5.82. The van der Waals surface area contributed by atoms with Crippen LogP contribution in [0.1, 0.15) is 46.0 Å². The molecule has 96 valence electrons. The first-order valence-corrected chi connectivity index (χ1v) is 7.08. The van der Waals surface area contributed by atoms with Crippen LogP contribution in [0.4, 0.5) is 0 Å². The molecule has 0 radical (unpaired) electrons. The van der Waals surface area contributed by atoms with E-state index in [9.17, 15) is 5.26 Å². The Hall–Kier alpha value is -0.590. The molecule has 0 aromatic rings. The first-order chi connectivity index (χ1) is 8.18. The van der Waals surface area contributed by atoms with E-state index in [1.807, 2.05) is 0 Å². The molecule has 2 aliphatic heterocycles.